The zero-order valence-corrected chi connectivity index (χ0v) is 21.2. The van der Waals surface area contributed by atoms with Gasteiger partial charge in [0, 0.05) is 44.7 Å². The zero-order valence-electron chi connectivity index (χ0n) is 20.4. The molecule has 2 heterocycles. The van der Waals surface area contributed by atoms with Crippen LogP contribution in [0.4, 0.5) is 5.69 Å². The molecule has 0 bridgehead atoms. The highest BCUT2D eigenvalue weighted by atomic mass is 35.5. The number of fused-ring (bicyclic) bond motifs is 2. The molecule has 182 valence electrons. The van der Waals surface area contributed by atoms with Crippen LogP contribution in [0.5, 0.6) is 11.5 Å². The summed E-state index contributed by atoms with van der Waals surface area (Å²) in [7, 11) is 2.04. The highest BCUT2D eigenvalue weighted by Crippen LogP contribution is 2.38. The highest BCUT2D eigenvalue weighted by Gasteiger charge is 2.25. The summed E-state index contributed by atoms with van der Waals surface area (Å²) in [5.41, 5.74) is 3.12. The van der Waals surface area contributed by atoms with Crippen molar-refractivity contribution in [1.82, 2.24) is 9.88 Å². The number of para-hydroxylation sites is 1. The number of anilines is 1. The zero-order chi connectivity index (χ0) is 24.2. The van der Waals surface area contributed by atoms with Crippen LogP contribution in [0.3, 0.4) is 0 Å². The first kappa shape index (κ1) is 24.3. The largest absolute Gasteiger partial charge is 0.489 e. The molecular formula is C27H34ClN3O3. The Morgan fingerprint density at radius 3 is 2.71 bits per heavy atom. The van der Waals surface area contributed by atoms with Gasteiger partial charge in [-0.3, -0.25) is 4.79 Å². The van der Waals surface area contributed by atoms with Crippen molar-refractivity contribution in [2.45, 2.75) is 33.7 Å². The number of carbonyl (C=O) groups is 1. The van der Waals surface area contributed by atoms with Gasteiger partial charge in [0.15, 0.2) is 11.5 Å². The third-order valence-corrected chi connectivity index (χ3v) is 6.36. The second-order valence-corrected chi connectivity index (χ2v) is 9.98. The number of halogens is 1. The lowest BCUT2D eigenvalue weighted by atomic mass is 10.1. The molecule has 34 heavy (non-hydrogen) atoms. The predicted molar refractivity (Wildman–Crippen MR) is 138 cm³/mol. The second kappa shape index (κ2) is 10.6. The number of nitrogens with zero attached hydrogens (tertiary/aromatic N) is 2. The van der Waals surface area contributed by atoms with Crippen molar-refractivity contribution in [3.05, 3.63) is 53.2 Å². The molecular weight excluding hydrogens is 450 g/mol. The molecule has 0 fully saturated rings. The Morgan fingerprint density at radius 1 is 1.12 bits per heavy atom. The lowest BCUT2D eigenvalue weighted by molar-refractivity contribution is -0.135. The van der Waals surface area contributed by atoms with Crippen molar-refractivity contribution in [3.63, 3.8) is 0 Å². The quantitative estimate of drug-likeness (QED) is 0.444. The van der Waals surface area contributed by atoms with Gasteiger partial charge in [-0.05, 0) is 35.7 Å². The average molecular weight is 484 g/mol. The number of ether oxygens (including phenoxy) is 2. The monoisotopic (exact) mass is 483 g/mol. The van der Waals surface area contributed by atoms with Gasteiger partial charge in [-0.15, -0.1) is 0 Å². The number of nitrogens with one attached hydrogen (secondary N) is 1. The third kappa shape index (κ3) is 5.44. The van der Waals surface area contributed by atoms with Crippen molar-refractivity contribution in [2.24, 2.45) is 11.8 Å². The number of amides is 1. The van der Waals surface area contributed by atoms with E-state index in [2.05, 4.69) is 41.9 Å². The minimum atomic E-state index is -0.176. The minimum absolute atomic E-state index is 0.127. The molecule has 1 amide bonds. The van der Waals surface area contributed by atoms with Gasteiger partial charge in [-0.25, -0.2) is 0 Å². The Bertz CT molecular complexity index is 1140. The highest BCUT2D eigenvalue weighted by molar-refractivity contribution is 6.32. The Hall–Kier alpha value is -2.86. The van der Waals surface area contributed by atoms with Gasteiger partial charge in [0.25, 0.3) is 0 Å². The molecule has 1 aromatic heterocycles. The number of carbonyl (C=O) groups excluding carboxylic acids is 1. The lowest BCUT2D eigenvalue weighted by Crippen LogP contribution is -2.41. The lowest BCUT2D eigenvalue weighted by Gasteiger charge is -2.30. The van der Waals surface area contributed by atoms with Gasteiger partial charge in [0.1, 0.15) is 0 Å². The van der Waals surface area contributed by atoms with E-state index >= 15 is 0 Å². The molecule has 1 aliphatic heterocycles. The first-order valence-electron chi connectivity index (χ1n) is 12.0. The van der Waals surface area contributed by atoms with Crippen molar-refractivity contribution in [1.29, 1.82) is 0 Å². The predicted octanol–water partition coefficient (Wildman–Crippen LogP) is 5.74. The number of aromatic amines is 1. The number of aromatic nitrogens is 1. The molecule has 6 nitrogen and oxygen atoms in total. The molecule has 0 spiro atoms. The van der Waals surface area contributed by atoms with E-state index in [0.29, 0.717) is 55.3 Å². The maximum Gasteiger partial charge on any atom is 0.227 e. The molecule has 1 atom stereocenters. The summed E-state index contributed by atoms with van der Waals surface area (Å²) in [4.78, 5) is 21.0. The van der Waals surface area contributed by atoms with Crippen LogP contribution in [0.2, 0.25) is 5.02 Å². The van der Waals surface area contributed by atoms with E-state index in [0.717, 1.165) is 28.6 Å². The maximum absolute atomic E-state index is 13.6. The van der Waals surface area contributed by atoms with Crippen molar-refractivity contribution >= 4 is 34.1 Å². The molecule has 3 aromatic rings. The topological polar surface area (TPSA) is 57.8 Å². The number of hydrogen-bond donors (Lipinski definition) is 1. The number of benzene rings is 2. The fourth-order valence-electron chi connectivity index (χ4n) is 4.55. The van der Waals surface area contributed by atoms with E-state index in [1.54, 1.807) is 0 Å². The first-order chi connectivity index (χ1) is 16.3. The van der Waals surface area contributed by atoms with Gasteiger partial charge >= 0.3 is 0 Å². The molecule has 1 aliphatic rings. The van der Waals surface area contributed by atoms with E-state index in [1.807, 2.05) is 43.3 Å². The number of rotatable bonds is 8. The average Bonchev–Trinajstić information content (AvgIpc) is 3.15. The Kier molecular flexibility index (Phi) is 7.57. The van der Waals surface area contributed by atoms with Crippen LogP contribution in [0, 0.1) is 11.8 Å². The molecule has 0 radical (unpaired) electrons. The Morgan fingerprint density at radius 2 is 1.91 bits per heavy atom. The van der Waals surface area contributed by atoms with Crippen LogP contribution in [0.1, 0.15) is 32.8 Å². The van der Waals surface area contributed by atoms with E-state index in [4.69, 9.17) is 21.1 Å². The minimum Gasteiger partial charge on any atom is -0.489 e. The van der Waals surface area contributed by atoms with E-state index in [9.17, 15) is 4.79 Å². The standard InChI is InChI=1S/C27H34ClN3O3/c1-18(2)15-31(17-20-13-22(28)26-24(14-20)33-11-6-12-34-26)27(32)19(3)16-30(4)23-8-5-7-21-9-10-29-25(21)23/h5,7-10,13-14,18-19,29H,6,11-12,15-17H2,1-4H3/t19-/m0/s1. The fourth-order valence-corrected chi connectivity index (χ4v) is 4.84. The molecule has 0 aliphatic carbocycles. The van der Waals surface area contributed by atoms with Gasteiger partial charge < -0.3 is 24.3 Å². The van der Waals surface area contributed by atoms with E-state index in [-0.39, 0.29) is 11.8 Å². The van der Waals surface area contributed by atoms with Crippen LogP contribution >= 0.6 is 11.6 Å². The summed E-state index contributed by atoms with van der Waals surface area (Å²) >= 11 is 6.51. The van der Waals surface area contributed by atoms with Gasteiger partial charge in [0.05, 0.1) is 35.4 Å². The molecule has 4 rings (SSSR count). The normalized spacial score (nSPS) is 14.2. The summed E-state index contributed by atoms with van der Waals surface area (Å²) in [5, 5.41) is 1.69. The van der Waals surface area contributed by atoms with Gasteiger partial charge in [0.2, 0.25) is 5.91 Å². The summed E-state index contributed by atoms with van der Waals surface area (Å²) in [6.07, 6.45) is 2.76. The van der Waals surface area contributed by atoms with Gasteiger partial charge in [-0.2, -0.15) is 0 Å². The molecule has 2 aromatic carbocycles. The molecule has 1 N–H and O–H groups in total. The molecule has 7 heteroatoms. The summed E-state index contributed by atoms with van der Waals surface area (Å²) in [6.45, 7) is 9.21. The second-order valence-electron chi connectivity index (χ2n) is 9.57. The van der Waals surface area contributed by atoms with Crippen molar-refractivity contribution in [2.75, 3.05) is 38.3 Å². The maximum atomic E-state index is 13.6. The summed E-state index contributed by atoms with van der Waals surface area (Å²) in [5.74, 6) is 1.55. The van der Waals surface area contributed by atoms with E-state index in [1.165, 1.54) is 0 Å². The van der Waals surface area contributed by atoms with Gasteiger partial charge in [-0.1, -0.05) is 44.5 Å². The Balaban J connectivity index is 1.50. The van der Waals surface area contributed by atoms with Crippen LogP contribution in [0.15, 0.2) is 42.6 Å². The van der Waals surface area contributed by atoms with Crippen LogP contribution in [0.25, 0.3) is 10.9 Å². The fraction of sp³-hybridized carbons (Fsp3) is 0.444. The number of H-pyrrole nitrogens is 1. The van der Waals surface area contributed by atoms with Crippen molar-refractivity contribution in [3.8, 4) is 11.5 Å². The number of hydrogen-bond acceptors (Lipinski definition) is 4. The third-order valence-electron chi connectivity index (χ3n) is 6.08. The summed E-state index contributed by atoms with van der Waals surface area (Å²) < 4.78 is 11.6. The molecule has 0 saturated carbocycles. The molecule has 0 unspecified atom stereocenters. The van der Waals surface area contributed by atoms with Crippen LogP contribution < -0.4 is 14.4 Å². The van der Waals surface area contributed by atoms with Crippen LogP contribution in [-0.2, 0) is 11.3 Å². The van der Waals surface area contributed by atoms with E-state index < -0.39 is 0 Å². The summed E-state index contributed by atoms with van der Waals surface area (Å²) in [6, 6.07) is 12.1. The molecule has 0 saturated heterocycles. The SMILES string of the molecule is CC(C)CN(Cc1cc(Cl)c2c(c1)OCCCO2)C(=O)[C@@H](C)CN(C)c1cccc2cc[nH]c12. The Labute approximate surface area is 206 Å². The smallest absolute Gasteiger partial charge is 0.227 e. The first-order valence-corrected chi connectivity index (χ1v) is 12.3. The van der Waals surface area contributed by atoms with Crippen molar-refractivity contribution < 1.29 is 14.3 Å². The van der Waals surface area contributed by atoms with Crippen LogP contribution in [-0.4, -0.2) is 49.1 Å².